The van der Waals surface area contributed by atoms with Crippen molar-refractivity contribution in [1.29, 1.82) is 0 Å². The van der Waals surface area contributed by atoms with Gasteiger partial charge in [0, 0.05) is 25.2 Å². The van der Waals surface area contributed by atoms with Crippen LogP contribution in [0.1, 0.15) is 32.3 Å². The second kappa shape index (κ2) is 13.6. The fourth-order valence-corrected chi connectivity index (χ4v) is 3.91. The molecule has 0 aliphatic carbocycles. The van der Waals surface area contributed by atoms with Crippen molar-refractivity contribution in [2.75, 3.05) is 40.0 Å². The molecule has 6 nitrogen and oxygen atoms in total. The van der Waals surface area contributed by atoms with Gasteiger partial charge in [-0.25, -0.2) is 4.39 Å². The summed E-state index contributed by atoms with van der Waals surface area (Å²) >= 11 is 0. The van der Waals surface area contributed by atoms with Crippen LogP contribution >= 0.6 is 24.0 Å². The van der Waals surface area contributed by atoms with E-state index in [1.165, 1.54) is 6.07 Å². The highest BCUT2D eigenvalue weighted by atomic mass is 127. The zero-order chi connectivity index (χ0) is 22.8. The van der Waals surface area contributed by atoms with Crippen LogP contribution in [-0.4, -0.2) is 52.0 Å². The Morgan fingerprint density at radius 2 is 1.85 bits per heavy atom. The van der Waals surface area contributed by atoms with Crippen molar-refractivity contribution >= 4 is 29.9 Å². The van der Waals surface area contributed by atoms with Crippen LogP contribution < -0.4 is 20.1 Å². The first-order valence-electron chi connectivity index (χ1n) is 11.2. The standard InChI is InChI=1S/C25H34FN3O3.HI/c1-4-27-24(28-17-19(2)32-23-11-6-5-10-22(23)30-3)29-18-25(12-14-31-15-13-25)20-8-7-9-21(26)16-20;/h5-11,16,19H,4,12-15,17-18H2,1-3H3,(H2,27,28,29);1H. The molecule has 1 atom stereocenters. The quantitative estimate of drug-likeness (QED) is 0.263. The zero-order valence-electron chi connectivity index (χ0n) is 19.6. The molecule has 2 aromatic carbocycles. The van der Waals surface area contributed by atoms with Crippen LogP contribution in [0.15, 0.2) is 53.5 Å². The third-order valence-corrected chi connectivity index (χ3v) is 5.73. The molecule has 3 rings (SSSR count). The normalized spacial score (nSPS) is 16.3. The number of guanidine groups is 1. The Morgan fingerprint density at radius 1 is 1.12 bits per heavy atom. The molecular weight excluding hydrogens is 536 g/mol. The summed E-state index contributed by atoms with van der Waals surface area (Å²) in [4.78, 5) is 4.86. The number of aliphatic imine (C=N–C) groups is 1. The molecular formula is C25H35FIN3O3. The average molecular weight is 571 g/mol. The van der Waals surface area contributed by atoms with Gasteiger partial charge in [0.2, 0.25) is 0 Å². The van der Waals surface area contributed by atoms with Crippen molar-refractivity contribution in [3.8, 4) is 11.5 Å². The second-order valence-corrected chi connectivity index (χ2v) is 8.06. The lowest BCUT2D eigenvalue weighted by atomic mass is 9.74. The number of nitrogens with one attached hydrogen (secondary N) is 2. The average Bonchev–Trinajstić information content (AvgIpc) is 2.82. The van der Waals surface area contributed by atoms with Crippen molar-refractivity contribution in [1.82, 2.24) is 10.6 Å². The van der Waals surface area contributed by atoms with Gasteiger partial charge in [0.1, 0.15) is 11.9 Å². The van der Waals surface area contributed by atoms with E-state index in [1.807, 2.05) is 44.2 Å². The summed E-state index contributed by atoms with van der Waals surface area (Å²) in [6.07, 6.45) is 1.52. The minimum atomic E-state index is -0.234. The van der Waals surface area contributed by atoms with Gasteiger partial charge in [0.15, 0.2) is 17.5 Å². The minimum Gasteiger partial charge on any atom is -0.493 e. The Hall–Kier alpha value is -2.07. The Labute approximate surface area is 213 Å². The second-order valence-electron chi connectivity index (χ2n) is 8.06. The molecule has 2 aromatic rings. The molecule has 1 aliphatic heterocycles. The number of ether oxygens (including phenoxy) is 3. The van der Waals surface area contributed by atoms with Crippen LogP contribution in [0.2, 0.25) is 0 Å². The Kier molecular flexibility index (Phi) is 11.2. The number of nitrogens with zero attached hydrogens (tertiary/aromatic N) is 1. The van der Waals surface area contributed by atoms with Gasteiger partial charge in [0.25, 0.3) is 0 Å². The van der Waals surface area contributed by atoms with Gasteiger partial charge in [0.05, 0.1) is 20.2 Å². The molecule has 33 heavy (non-hydrogen) atoms. The van der Waals surface area contributed by atoms with Crippen LogP contribution in [0.5, 0.6) is 11.5 Å². The number of methoxy groups -OCH3 is 1. The highest BCUT2D eigenvalue weighted by Gasteiger charge is 2.34. The molecule has 1 saturated heterocycles. The van der Waals surface area contributed by atoms with Gasteiger partial charge >= 0.3 is 0 Å². The summed E-state index contributed by atoms with van der Waals surface area (Å²) in [5.74, 6) is 1.91. The van der Waals surface area contributed by atoms with Crippen molar-refractivity contribution in [3.63, 3.8) is 0 Å². The van der Waals surface area contributed by atoms with Gasteiger partial charge in [-0.2, -0.15) is 0 Å². The molecule has 2 N–H and O–H groups in total. The van der Waals surface area contributed by atoms with E-state index in [1.54, 1.807) is 19.2 Å². The number of para-hydroxylation sites is 2. The van der Waals surface area contributed by atoms with E-state index in [0.717, 1.165) is 24.9 Å². The Morgan fingerprint density at radius 3 is 2.52 bits per heavy atom. The molecule has 0 radical (unpaired) electrons. The lowest BCUT2D eigenvalue weighted by Crippen LogP contribution is -2.43. The molecule has 1 aliphatic rings. The van der Waals surface area contributed by atoms with Crippen LogP contribution in [0, 0.1) is 5.82 Å². The number of hydrogen-bond donors (Lipinski definition) is 2. The molecule has 8 heteroatoms. The molecule has 0 spiro atoms. The first-order valence-corrected chi connectivity index (χ1v) is 11.2. The number of rotatable bonds is 9. The highest BCUT2D eigenvalue weighted by Crippen LogP contribution is 2.35. The monoisotopic (exact) mass is 571 g/mol. The van der Waals surface area contributed by atoms with Crippen molar-refractivity contribution in [2.24, 2.45) is 4.99 Å². The Bertz CT molecular complexity index is 891. The van der Waals surface area contributed by atoms with Crippen LogP contribution in [0.25, 0.3) is 0 Å². The van der Waals surface area contributed by atoms with E-state index in [2.05, 4.69) is 10.6 Å². The van der Waals surface area contributed by atoms with Gasteiger partial charge in [-0.05, 0) is 56.5 Å². The fourth-order valence-electron chi connectivity index (χ4n) is 3.91. The maximum absolute atomic E-state index is 13.9. The van der Waals surface area contributed by atoms with E-state index in [0.29, 0.717) is 43.8 Å². The van der Waals surface area contributed by atoms with E-state index >= 15 is 0 Å². The van der Waals surface area contributed by atoms with Gasteiger partial charge in [-0.1, -0.05) is 24.3 Å². The Balaban J connectivity index is 0.00000385. The first kappa shape index (κ1) is 27.2. The van der Waals surface area contributed by atoms with E-state index in [9.17, 15) is 4.39 Å². The van der Waals surface area contributed by atoms with Crippen LogP contribution in [0.4, 0.5) is 4.39 Å². The number of hydrogen-bond acceptors (Lipinski definition) is 4. The van der Waals surface area contributed by atoms with Crippen molar-refractivity contribution in [2.45, 2.75) is 38.2 Å². The summed E-state index contributed by atoms with van der Waals surface area (Å²) in [6.45, 7) is 7.19. The van der Waals surface area contributed by atoms with Crippen LogP contribution in [-0.2, 0) is 10.2 Å². The van der Waals surface area contributed by atoms with Crippen molar-refractivity contribution in [3.05, 3.63) is 59.9 Å². The molecule has 1 unspecified atom stereocenters. The SMILES string of the molecule is CCNC(=NCC1(c2cccc(F)c2)CCOCC1)NCC(C)Oc1ccccc1OC.I. The molecule has 1 fully saturated rings. The highest BCUT2D eigenvalue weighted by molar-refractivity contribution is 14.0. The number of benzene rings is 2. The molecule has 0 amide bonds. The summed E-state index contributed by atoms with van der Waals surface area (Å²) in [5, 5.41) is 6.66. The van der Waals surface area contributed by atoms with Crippen molar-refractivity contribution < 1.29 is 18.6 Å². The zero-order valence-corrected chi connectivity index (χ0v) is 21.9. The summed E-state index contributed by atoms with van der Waals surface area (Å²) in [6, 6.07) is 14.5. The van der Waals surface area contributed by atoms with E-state index < -0.39 is 0 Å². The predicted octanol–water partition coefficient (Wildman–Crippen LogP) is 4.52. The van der Waals surface area contributed by atoms with Crippen LogP contribution in [0.3, 0.4) is 0 Å². The number of halogens is 2. The van der Waals surface area contributed by atoms with Gasteiger partial charge in [-0.3, -0.25) is 4.99 Å². The van der Waals surface area contributed by atoms with E-state index in [-0.39, 0.29) is 41.3 Å². The summed E-state index contributed by atoms with van der Waals surface area (Å²) in [7, 11) is 1.63. The molecule has 1 heterocycles. The first-order chi connectivity index (χ1) is 15.6. The van der Waals surface area contributed by atoms with E-state index in [4.69, 9.17) is 19.2 Å². The largest absolute Gasteiger partial charge is 0.493 e. The summed E-state index contributed by atoms with van der Waals surface area (Å²) in [5.41, 5.74) is 0.746. The maximum atomic E-state index is 13.9. The lowest BCUT2D eigenvalue weighted by Gasteiger charge is -2.36. The third-order valence-electron chi connectivity index (χ3n) is 5.73. The third kappa shape index (κ3) is 7.74. The minimum absolute atomic E-state index is 0. The predicted molar refractivity (Wildman–Crippen MR) is 141 cm³/mol. The van der Waals surface area contributed by atoms with Gasteiger partial charge in [-0.15, -0.1) is 24.0 Å². The lowest BCUT2D eigenvalue weighted by molar-refractivity contribution is 0.0530. The topological polar surface area (TPSA) is 64.1 Å². The molecule has 0 saturated carbocycles. The summed E-state index contributed by atoms with van der Waals surface area (Å²) < 4.78 is 30.9. The smallest absolute Gasteiger partial charge is 0.191 e. The fraction of sp³-hybridized carbons (Fsp3) is 0.480. The maximum Gasteiger partial charge on any atom is 0.191 e. The van der Waals surface area contributed by atoms with Gasteiger partial charge < -0.3 is 24.8 Å². The molecule has 0 aromatic heterocycles. The molecule has 182 valence electrons. The molecule has 0 bridgehead atoms.